The van der Waals surface area contributed by atoms with Gasteiger partial charge in [0.15, 0.2) is 5.65 Å². The summed E-state index contributed by atoms with van der Waals surface area (Å²) in [5.74, 6) is 1.28. The lowest BCUT2D eigenvalue weighted by molar-refractivity contribution is 0.127. The number of aliphatic hydroxyl groups is 1. The number of hydrogen-bond donors (Lipinski definition) is 1. The summed E-state index contributed by atoms with van der Waals surface area (Å²) in [5, 5.41) is 9.84. The summed E-state index contributed by atoms with van der Waals surface area (Å²) in [6.07, 6.45) is 3.91. The van der Waals surface area contributed by atoms with Crippen molar-refractivity contribution >= 4 is 21.7 Å². The average Bonchev–Trinajstić information content (AvgIpc) is 3.06. The molecule has 3 heterocycles. The zero-order valence-electron chi connectivity index (χ0n) is 14.0. The summed E-state index contributed by atoms with van der Waals surface area (Å²) in [6, 6.07) is 12.1. The van der Waals surface area contributed by atoms with Crippen LogP contribution in [-0.4, -0.2) is 39.7 Å². The number of likely N-dealkylation sites (tertiary alicyclic amines) is 1. The van der Waals surface area contributed by atoms with Crippen LogP contribution in [0.4, 0.5) is 0 Å². The summed E-state index contributed by atoms with van der Waals surface area (Å²) in [5.41, 5.74) is 2.01. The van der Waals surface area contributed by atoms with E-state index < -0.39 is 0 Å². The van der Waals surface area contributed by atoms with E-state index in [1.807, 2.05) is 24.3 Å². The monoisotopic (exact) mass is 355 g/mol. The number of aromatic nitrogens is 2. The molecule has 0 unspecified atom stereocenters. The van der Waals surface area contributed by atoms with Crippen molar-refractivity contribution < 1.29 is 9.84 Å². The molecular weight excluding hydrogens is 334 g/mol. The molecular formula is C19H21N3O2S. The second-order valence-corrected chi connectivity index (χ2v) is 7.45. The Bertz CT molecular complexity index is 793. The zero-order chi connectivity index (χ0) is 17.1. The van der Waals surface area contributed by atoms with Crippen molar-refractivity contribution in [3.05, 3.63) is 48.2 Å². The molecule has 2 aromatic heterocycles. The molecule has 1 aliphatic rings. The van der Waals surface area contributed by atoms with Crippen molar-refractivity contribution in [2.75, 3.05) is 19.7 Å². The second-order valence-electron chi connectivity index (χ2n) is 6.45. The summed E-state index contributed by atoms with van der Waals surface area (Å²) >= 11 is 1.50. The van der Waals surface area contributed by atoms with Crippen LogP contribution in [0.3, 0.4) is 0 Å². The van der Waals surface area contributed by atoms with Gasteiger partial charge in [-0.15, -0.1) is 0 Å². The molecule has 0 radical (unpaired) electrons. The van der Waals surface area contributed by atoms with Crippen molar-refractivity contribution in [3.63, 3.8) is 0 Å². The van der Waals surface area contributed by atoms with Crippen molar-refractivity contribution in [2.24, 2.45) is 5.92 Å². The maximum Gasteiger partial charge on any atom is 0.281 e. The highest BCUT2D eigenvalue weighted by Crippen LogP contribution is 2.30. The number of ether oxygens (including phenoxy) is 1. The topological polar surface area (TPSA) is 58.5 Å². The first-order valence-corrected chi connectivity index (χ1v) is 9.43. The minimum atomic E-state index is 0.321. The molecule has 5 nitrogen and oxygen atoms in total. The van der Waals surface area contributed by atoms with Gasteiger partial charge in [-0.2, -0.15) is 4.98 Å². The molecule has 6 heteroatoms. The molecule has 0 spiro atoms. The van der Waals surface area contributed by atoms with E-state index in [1.54, 1.807) is 6.20 Å². The van der Waals surface area contributed by atoms with Gasteiger partial charge in [-0.3, -0.25) is 4.90 Å². The van der Waals surface area contributed by atoms with Crippen LogP contribution in [0.2, 0.25) is 0 Å². The molecule has 1 saturated heterocycles. The number of benzene rings is 1. The normalized spacial score (nSPS) is 16.4. The summed E-state index contributed by atoms with van der Waals surface area (Å²) < 4.78 is 6.89. The third kappa shape index (κ3) is 3.98. The van der Waals surface area contributed by atoms with Crippen LogP contribution < -0.4 is 4.74 Å². The van der Waals surface area contributed by atoms with Gasteiger partial charge in [0.1, 0.15) is 5.75 Å². The maximum atomic E-state index is 9.22. The van der Waals surface area contributed by atoms with Crippen LogP contribution in [0.15, 0.2) is 42.6 Å². The Hall–Kier alpha value is -2.02. The Kier molecular flexibility index (Phi) is 4.92. The SMILES string of the molecule is OCC1CCN(Cc2ccc(Oc3nc4ncccc4s3)cc2)CC1. The molecule has 1 aliphatic heterocycles. The van der Waals surface area contributed by atoms with Gasteiger partial charge in [0.05, 0.1) is 4.70 Å². The largest absolute Gasteiger partial charge is 0.431 e. The molecule has 130 valence electrons. The number of thiazole rings is 1. The highest BCUT2D eigenvalue weighted by molar-refractivity contribution is 7.20. The van der Waals surface area contributed by atoms with Crippen LogP contribution in [0.5, 0.6) is 10.9 Å². The quantitative estimate of drug-likeness (QED) is 0.756. The van der Waals surface area contributed by atoms with E-state index in [4.69, 9.17) is 4.74 Å². The number of pyridine rings is 1. The van der Waals surface area contributed by atoms with E-state index >= 15 is 0 Å². The van der Waals surface area contributed by atoms with Crippen molar-refractivity contribution in [3.8, 4) is 10.9 Å². The van der Waals surface area contributed by atoms with Gasteiger partial charge in [0, 0.05) is 19.3 Å². The second kappa shape index (κ2) is 7.47. The average molecular weight is 355 g/mol. The minimum absolute atomic E-state index is 0.321. The first-order chi connectivity index (χ1) is 12.3. The Morgan fingerprint density at radius 2 is 1.96 bits per heavy atom. The standard InChI is InChI=1S/C19H21N3O2S/c23-13-15-7-10-22(11-8-15)12-14-3-5-16(6-4-14)24-19-21-18-17(25-19)2-1-9-20-18/h1-6,9,15,23H,7-8,10-13H2. The van der Waals surface area contributed by atoms with Crippen molar-refractivity contribution in [1.29, 1.82) is 0 Å². The molecule has 1 aromatic carbocycles. The number of hydrogen-bond acceptors (Lipinski definition) is 6. The Morgan fingerprint density at radius 3 is 2.68 bits per heavy atom. The predicted molar refractivity (Wildman–Crippen MR) is 99.0 cm³/mol. The van der Waals surface area contributed by atoms with Gasteiger partial charge in [-0.05, 0) is 61.7 Å². The highest BCUT2D eigenvalue weighted by Gasteiger charge is 2.18. The summed E-state index contributed by atoms with van der Waals surface area (Å²) in [7, 11) is 0. The van der Waals surface area contributed by atoms with E-state index in [1.165, 1.54) is 16.9 Å². The summed E-state index contributed by atoms with van der Waals surface area (Å²) in [4.78, 5) is 11.1. The van der Waals surface area contributed by atoms with E-state index in [0.29, 0.717) is 17.7 Å². The Morgan fingerprint density at radius 1 is 1.16 bits per heavy atom. The Labute approximate surface area is 150 Å². The van der Waals surface area contributed by atoms with E-state index in [2.05, 4.69) is 27.0 Å². The van der Waals surface area contributed by atoms with Crippen LogP contribution in [0, 0.1) is 5.92 Å². The maximum absolute atomic E-state index is 9.22. The van der Waals surface area contributed by atoms with Gasteiger partial charge in [-0.1, -0.05) is 23.5 Å². The van der Waals surface area contributed by atoms with Gasteiger partial charge in [-0.25, -0.2) is 4.98 Å². The fourth-order valence-corrected chi connectivity index (χ4v) is 3.94. The van der Waals surface area contributed by atoms with E-state index in [9.17, 15) is 5.11 Å². The first kappa shape index (κ1) is 16.4. The van der Waals surface area contributed by atoms with Gasteiger partial charge < -0.3 is 9.84 Å². The molecule has 3 aromatic rings. The van der Waals surface area contributed by atoms with Crippen LogP contribution >= 0.6 is 11.3 Å². The fourth-order valence-electron chi connectivity index (χ4n) is 3.14. The molecule has 0 bridgehead atoms. The van der Waals surface area contributed by atoms with Gasteiger partial charge in [0.2, 0.25) is 0 Å². The molecule has 1 fully saturated rings. The van der Waals surface area contributed by atoms with Crippen molar-refractivity contribution in [2.45, 2.75) is 19.4 Å². The summed E-state index contributed by atoms with van der Waals surface area (Å²) in [6.45, 7) is 3.38. The highest BCUT2D eigenvalue weighted by atomic mass is 32.1. The molecule has 4 rings (SSSR count). The lowest BCUT2D eigenvalue weighted by Crippen LogP contribution is -2.34. The Balaban J connectivity index is 1.37. The van der Waals surface area contributed by atoms with Crippen LogP contribution in [0.1, 0.15) is 18.4 Å². The molecule has 0 atom stereocenters. The molecule has 0 saturated carbocycles. The fraction of sp³-hybridized carbons (Fsp3) is 0.368. The lowest BCUT2D eigenvalue weighted by atomic mass is 9.97. The van der Waals surface area contributed by atoms with Crippen molar-refractivity contribution in [1.82, 2.24) is 14.9 Å². The van der Waals surface area contributed by atoms with E-state index in [0.717, 1.165) is 48.6 Å². The molecule has 25 heavy (non-hydrogen) atoms. The number of fused-ring (bicyclic) bond motifs is 1. The third-order valence-electron chi connectivity index (χ3n) is 4.65. The number of nitrogens with zero attached hydrogens (tertiary/aromatic N) is 3. The number of rotatable bonds is 5. The minimum Gasteiger partial charge on any atom is -0.431 e. The van der Waals surface area contributed by atoms with Gasteiger partial charge >= 0.3 is 0 Å². The molecule has 0 aliphatic carbocycles. The van der Waals surface area contributed by atoms with Gasteiger partial charge in [0.25, 0.3) is 5.19 Å². The molecule has 1 N–H and O–H groups in total. The number of piperidine rings is 1. The molecule has 0 amide bonds. The third-order valence-corrected chi connectivity index (χ3v) is 5.53. The number of aliphatic hydroxyl groups excluding tert-OH is 1. The van der Waals surface area contributed by atoms with Crippen LogP contribution in [-0.2, 0) is 6.54 Å². The first-order valence-electron chi connectivity index (χ1n) is 8.62. The van der Waals surface area contributed by atoms with E-state index in [-0.39, 0.29) is 0 Å². The predicted octanol–water partition coefficient (Wildman–Crippen LogP) is 3.69. The smallest absolute Gasteiger partial charge is 0.281 e. The lowest BCUT2D eigenvalue weighted by Gasteiger charge is -2.31. The van der Waals surface area contributed by atoms with Crippen LogP contribution in [0.25, 0.3) is 10.3 Å². The zero-order valence-corrected chi connectivity index (χ0v) is 14.8.